The van der Waals surface area contributed by atoms with E-state index < -0.39 is 17.5 Å². The summed E-state index contributed by atoms with van der Waals surface area (Å²) in [5.41, 5.74) is 14.8. The lowest BCUT2D eigenvalue weighted by Gasteiger charge is -2.38. The van der Waals surface area contributed by atoms with Crippen LogP contribution >= 0.6 is 0 Å². The van der Waals surface area contributed by atoms with Crippen molar-refractivity contribution in [2.45, 2.75) is 248 Å². The molecule has 1 aromatic rings. The molecule has 1 aromatic heterocycles. The van der Waals surface area contributed by atoms with Crippen LogP contribution in [0.5, 0.6) is 0 Å². The Morgan fingerprint density at radius 3 is 1.40 bits per heavy atom. The van der Waals surface area contributed by atoms with E-state index >= 15 is 0 Å². The zero-order chi connectivity index (χ0) is 65.3. The molecule has 5 saturated heterocycles. The number of piperidine rings is 5. The highest BCUT2D eigenvalue weighted by molar-refractivity contribution is 6.02. The molecule has 22 heteroatoms. The third kappa shape index (κ3) is 24.4. The molecule has 13 aliphatic rings. The zero-order valence-electron chi connectivity index (χ0n) is 56.8. The number of rotatable bonds is 15. The number of likely N-dealkylation sites (tertiary alicyclic amines) is 5. The second-order valence-corrected chi connectivity index (χ2v) is 30.0. The van der Waals surface area contributed by atoms with Gasteiger partial charge in [-0.3, -0.25) is 44.0 Å². The summed E-state index contributed by atoms with van der Waals surface area (Å²) in [5.74, 6) is 3.28. The molecule has 0 unspecified atom stereocenters. The lowest BCUT2D eigenvalue weighted by Crippen LogP contribution is -3.00. The van der Waals surface area contributed by atoms with Crippen LogP contribution in [0, 0.1) is 29.6 Å². The Morgan fingerprint density at radius 2 is 1.07 bits per heavy atom. The number of Topliss-reactive ketones (excluding diaryl/α,β-unsaturated/α-hetero) is 3. The molecule has 0 atom stereocenters. The van der Waals surface area contributed by atoms with E-state index in [2.05, 4.69) is 72.2 Å². The molecule has 0 spiro atoms. The molecule has 6 heterocycles. The highest BCUT2D eigenvalue weighted by atomic mass is 127. The van der Waals surface area contributed by atoms with Crippen LogP contribution in [0.15, 0.2) is 12.4 Å². The zero-order valence-corrected chi connectivity index (χ0v) is 59.0. The largest absolute Gasteiger partial charge is 1.00 e. The Morgan fingerprint density at radius 1 is 0.659 bits per heavy atom. The van der Waals surface area contributed by atoms with E-state index in [1.807, 2.05) is 34.0 Å². The van der Waals surface area contributed by atoms with Crippen LogP contribution in [0.1, 0.15) is 213 Å². The summed E-state index contributed by atoms with van der Waals surface area (Å²) in [6, 6.07) is 1.01. The van der Waals surface area contributed by atoms with Crippen molar-refractivity contribution in [3.8, 4) is 0 Å². The summed E-state index contributed by atoms with van der Waals surface area (Å²) < 4.78 is 12.9. The Bertz CT molecular complexity index is 2500. The number of ketones is 3. The fraction of sp³-hybridized carbons (Fsp3) is 0.841. The number of hydrogen-bond donors (Lipinski definition) is 3. The van der Waals surface area contributed by atoms with Crippen molar-refractivity contribution >= 4 is 48.1 Å². The number of quaternary nitrogens is 1. The molecular weight excluding hydrogens is 1270 g/mol. The van der Waals surface area contributed by atoms with Crippen LogP contribution in [0.3, 0.4) is 0 Å². The molecule has 5 aliphatic heterocycles. The minimum Gasteiger partial charge on any atom is -1.00 e. The maximum atomic E-state index is 11.6. The Hall–Kier alpha value is -3.87. The number of carbonyl (C=O) groups is 7. The summed E-state index contributed by atoms with van der Waals surface area (Å²) >= 11 is 0. The molecule has 0 bridgehead atoms. The number of aldehydes is 2. The molecule has 1 amide bonds. The lowest BCUT2D eigenvalue weighted by atomic mass is 10.00. The van der Waals surface area contributed by atoms with Crippen molar-refractivity contribution in [1.82, 2.24) is 40.2 Å². The molecule has 4 N–H and O–H groups in total. The first-order valence-corrected chi connectivity index (χ1v) is 34.8. The quantitative estimate of drug-likeness (QED) is 0.0541. The van der Waals surface area contributed by atoms with Gasteiger partial charge in [-0.15, -0.1) is 0 Å². The van der Waals surface area contributed by atoms with E-state index in [1.165, 1.54) is 134 Å². The third-order valence-electron chi connectivity index (χ3n) is 21.3. The van der Waals surface area contributed by atoms with Crippen LogP contribution in [-0.2, 0) is 54.3 Å². The van der Waals surface area contributed by atoms with Crippen LogP contribution in [0.25, 0.3) is 0 Å². The monoisotopic (exact) mass is 1390 g/mol. The van der Waals surface area contributed by atoms with Gasteiger partial charge in [0.05, 0.1) is 58.9 Å². The molecule has 0 aromatic carbocycles. The van der Waals surface area contributed by atoms with Gasteiger partial charge in [0.1, 0.15) is 35.5 Å². The average molecular weight is 1390 g/mol. The molecule has 8 aliphatic carbocycles. The minimum atomic E-state index is -1.25. The van der Waals surface area contributed by atoms with Gasteiger partial charge in [0.25, 0.3) is 0 Å². The van der Waals surface area contributed by atoms with Gasteiger partial charge in [-0.25, -0.2) is 10.2 Å². The van der Waals surface area contributed by atoms with Gasteiger partial charge in [0.15, 0.2) is 5.92 Å². The van der Waals surface area contributed by atoms with Crippen molar-refractivity contribution in [3.63, 3.8) is 0 Å². The van der Waals surface area contributed by atoms with Crippen molar-refractivity contribution < 1.29 is 81.1 Å². The fourth-order valence-electron chi connectivity index (χ4n) is 14.2. The number of aromatic nitrogens is 2. The topological polar surface area (TPSA) is 253 Å². The van der Waals surface area contributed by atoms with Gasteiger partial charge >= 0.3 is 18.2 Å². The molecule has 91 heavy (non-hydrogen) atoms. The first-order chi connectivity index (χ1) is 42.9. The average Bonchev–Trinajstić information content (AvgIpc) is 1.61. The summed E-state index contributed by atoms with van der Waals surface area (Å²) in [6.07, 6.45) is 38.1. The fourth-order valence-corrected chi connectivity index (χ4v) is 14.2. The smallest absolute Gasteiger partial charge is 0.422 e. The number of nitrogens with one attached hydrogen (secondary N) is 2. The molecule has 514 valence electrons. The number of hydrogen-bond acceptors (Lipinski definition) is 18. The number of nitrogens with two attached hydrogens (primary N) is 1. The summed E-state index contributed by atoms with van der Waals surface area (Å²) in [5, 5.41) is 4.56. The normalized spacial score (nSPS) is 25.1. The second-order valence-electron chi connectivity index (χ2n) is 30.0. The van der Waals surface area contributed by atoms with Gasteiger partial charge in [-0.05, 0) is 199 Å². The number of hydrazine groups is 1. The Labute approximate surface area is 560 Å². The number of carbonyl (C=O) groups excluding carboxylic acids is 9. The van der Waals surface area contributed by atoms with Crippen molar-refractivity contribution in [1.29, 1.82) is 0 Å². The third-order valence-corrected chi connectivity index (χ3v) is 21.3. The summed E-state index contributed by atoms with van der Waals surface area (Å²) in [6.45, 7) is 20.6. The molecule has 0 radical (unpaired) electrons. The van der Waals surface area contributed by atoms with Crippen LogP contribution in [0.4, 0.5) is 4.79 Å². The maximum absolute atomic E-state index is 11.6. The molecule has 21 nitrogen and oxygen atoms in total. The number of aryl methyl sites for hydroxylation is 1. The van der Waals surface area contributed by atoms with Gasteiger partial charge in [-0.2, -0.15) is 14.7 Å². The Balaban J connectivity index is 0.000000173. The van der Waals surface area contributed by atoms with Gasteiger partial charge in [-0.1, -0.05) is 6.92 Å². The Kier molecular flexibility index (Phi) is 29.0. The SMILES string of the molecule is CC(C)(C)OC(=O)NNC1CCN(C2(C3CC3)CC2)CC1.CCOC(=O)C(C=O)C=O.CCc1cnn(C2CCN(C3(C4CC4)CC3)CC2)c1.CN1CCC(=O)CC1.C[N+]1(C)CCC(=O)CC1.NC1(C2CC2)CC1.O=C1CCN(C2(C3CC3)CC2)CC1.O=C=O.[I-]. The number of amides is 1. The van der Waals surface area contributed by atoms with Crippen molar-refractivity contribution in [2.75, 3.05) is 93.2 Å². The minimum absolute atomic E-state index is 0. The van der Waals surface area contributed by atoms with E-state index in [0.717, 1.165) is 138 Å². The maximum Gasteiger partial charge on any atom is 0.422 e. The van der Waals surface area contributed by atoms with E-state index in [1.54, 1.807) is 6.92 Å². The highest BCUT2D eigenvalue weighted by Gasteiger charge is 2.59. The molecule has 14 rings (SSSR count). The van der Waals surface area contributed by atoms with Crippen LogP contribution < -0.4 is 40.6 Å². The highest BCUT2D eigenvalue weighted by Crippen LogP contribution is 2.60. The standard InChI is InChI=1S/C16H29N3O2.C16H25N3.C11H17NO.C7H14NO.C6H11NO.C6H11N.C6H8O4.CO2.HI/c1-15(2,3)21-14(20)18-17-13-6-10-19(11-7-13)16(8-9-16)12-4-5-12;1-2-13-11-17-19(12-13)15-5-9-18(10-6-15)16(7-8-16)14-3-4-14;13-10-3-7-12(8-4-10)11(5-6-11)9-1-2-9;1-8(2)5-3-7(9)4-6-8;1-7-4-2-6(8)3-5-7;7-6(3-4-6)5-1-2-5;1-2-10-6(9)5(3-7)4-8;2-1-3;/h12-13,17H,4-11H2,1-3H3,(H,18,20);11-12,14-15H,2-10H2,1H3;9H,1-8H2;3-6H2,1-2H3;2-5H2,1H3;5H,1-4,7H2;3-5H,2H2,1H3;;1H/q;;;+1;;;;;/p-1. The lowest BCUT2D eigenvalue weighted by molar-refractivity contribution is -0.891. The van der Waals surface area contributed by atoms with Gasteiger partial charge < -0.3 is 58.2 Å². The van der Waals surface area contributed by atoms with Gasteiger partial charge in [0.2, 0.25) is 0 Å². The first kappa shape index (κ1) is 76.2. The molecule has 13 fully saturated rings. The summed E-state index contributed by atoms with van der Waals surface area (Å²) in [7, 11) is 6.39. The number of nitrogens with zero attached hydrogens (tertiary/aromatic N) is 7. The number of ether oxygens (including phenoxy) is 2. The first-order valence-electron chi connectivity index (χ1n) is 34.8. The van der Waals surface area contributed by atoms with E-state index in [9.17, 15) is 33.6 Å². The summed E-state index contributed by atoms with van der Waals surface area (Å²) in [4.78, 5) is 101. The van der Waals surface area contributed by atoms with E-state index in [0.29, 0.717) is 51.6 Å². The van der Waals surface area contributed by atoms with Gasteiger partial charge in [0, 0.05) is 112 Å². The molecular formula is C69H115IN10O11. The molecule has 8 saturated carbocycles. The van der Waals surface area contributed by atoms with Crippen LogP contribution in [0.2, 0.25) is 0 Å². The predicted octanol–water partition coefficient (Wildman–Crippen LogP) is 4.62. The number of esters is 1. The van der Waals surface area contributed by atoms with E-state index in [4.69, 9.17) is 20.1 Å². The second kappa shape index (κ2) is 34.7. The number of halogens is 1. The van der Waals surface area contributed by atoms with Crippen molar-refractivity contribution in [2.24, 2.45) is 35.3 Å². The predicted molar refractivity (Wildman–Crippen MR) is 342 cm³/mol. The van der Waals surface area contributed by atoms with Crippen molar-refractivity contribution in [3.05, 3.63) is 18.0 Å². The van der Waals surface area contributed by atoms with Crippen LogP contribution in [-0.4, -0.2) is 209 Å². The van der Waals surface area contributed by atoms with E-state index in [-0.39, 0.29) is 55.4 Å².